The van der Waals surface area contributed by atoms with Gasteiger partial charge in [-0.2, -0.15) is 0 Å². The highest BCUT2D eigenvalue weighted by molar-refractivity contribution is 6.30. The van der Waals surface area contributed by atoms with E-state index in [2.05, 4.69) is 10.2 Å². The van der Waals surface area contributed by atoms with Crippen LogP contribution in [0.25, 0.3) is 0 Å². The van der Waals surface area contributed by atoms with Gasteiger partial charge in [0.25, 0.3) is 5.91 Å². The number of rotatable bonds is 5. The van der Waals surface area contributed by atoms with E-state index in [-0.39, 0.29) is 17.7 Å². The van der Waals surface area contributed by atoms with Crippen LogP contribution in [-0.2, 0) is 4.79 Å². The van der Waals surface area contributed by atoms with Crippen molar-refractivity contribution < 1.29 is 14.0 Å². The summed E-state index contributed by atoms with van der Waals surface area (Å²) in [6, 6.07) is 12.3. The number of carbonyl (C=O) groups excluding carboxylic acids is 2. The lowest BCUT2D eigenvalue weighted by Crippen LogP contribution is -2.56. The Balaban J connectivity index is 1.62. The van der Waals surface area contributed by atoms with Gasteiger partial charge in [-0.15, -0.1) is 0 Å². The molecule has 1 N–H and O–H groups in total. The number of hydrogen-bond donors (Lipinski definition) is 1. The molecular weight excluding hydrogens is 393 g/mol. The molecule has 2 amide bonds. The molecule has 5 nitrogen and oxygen atoms in total. The first-order valence-electron chi connectivity index (χ1n) is 9.71. The molecule has 154 valence electrons. The molecule has 29 heavy (non-hydrogen) atoms. The Morgan fingerprint density at radius 1 is 1.03 bits per heavy atom. The first kappa shape index (κ1) is 21.1. The zero-order valence-electron chi connectivity index (χ0n) is 16.6. The van der Waals surface area contributed by atoms with Gasteiger partial charge in [-0.3, -0.25) is 9.59 Å². The Labute approximate surface area is 175 Å². The average molecular weight is 418 g/mol. The molecule has 1 saturated heterocycles. The van der Waals surface area contributed by atoms with Crippen LogP contribution in [0.2, 0.25) is 5.02 Å². The second kappa shape index (κ2) is 9.27. The SMILES string of the molecule is CC(C)C(NC(=O)c1ccc(F)cc1)C(=O)N1CCN(c2cccc(Cl)c2)CC1. The second-order valence-electron chi connectivity index (χ2n) is 7.49. The van der Waals surface area contributed by atoms with E-state index in [0.717, 1.165) is 5.69 Å². The molecule has 0 aliphatic carbocycles. The second-order valence-corrected chi connectivity index (χ2v) is 7.93. The molecule has 1 heterocycles. The maximum absolute atomic E-state index is 13.1. The summed E-state index contributed by atoms with van der Waals surface area (Å²) in [5, 5.41) is 3.50. The van der Waals surface area contributed by atoms with Crippen LogP contribution in [0.5, 0.6) is 0 Å². The van der Waals surface area contributed by atoms with Crippen LogP contribution in [0.3, 0.4) is 0 Å². The monoisotopic (exact) mass is 417 g/mol. The quantitative estimate of drug-likeness (QED) is 0.809. The molecule has 1 aliphatic rings. The minimum absolute atomic E-state index is 0.0714. The number of halogens is 2. The van der Waals surface area contributed by atoms with Crippen molar-refractivity contribution in [2.45, 2.75) is 19.9 Å². The Morgan fingerprint density at radius 2 is 1.69 bits per heavy atom. The highest BCUT2D eigenvalue weighted by atomic mass is 35.5. The van der Waals surface area contributed by atoms with E-state index in [1.54, 1.807) is 4.90 Å². The molecule has 0 bridgehead atoms. The molecule has 3 rings (SSSR count). The van der Waals surface area contributed by atoms with Crippen LogP contribution in [0.15, 0.2) is 48.5 Å². The number of benzene rings is 2. The summed E-state index contributed by atoms with van der Waals surface area (Å²) < 4.78 is 13.1. The van der Waals surface area contributed by atoms with E-state index in [4.69, 9.17) is 11.6 Å². The number of nitrogens with zero attached hydrogens (tertiary/aromatic N) is 2. The summed E-state index contributed by atoms with van der Waals surface area (Å²) in [6.07, 6.45) is 0. The number of piperazine rings is 1. The summed E-state index contributed by atoms with van der Waals surface area (Å²) in [4.78, 5) is 29.6. The molecule has 0 radical (unpaired) electrons. The molecule has 1 fully saturated rings. The fourth-order valence-electron chi connectivity index (χ4n) is 3.39. The van der Waals surface area contributed by atoms with E-state index in [9.17, 15) is 14.0 Å². The van der Waals surface area contributed by atoms with Gasteiger partial charge in [-0.1, -0.05) is 31.5 Å². The van der Waals surface area contributed by atoms with Gasteiger partial charge < -0.3 is 15.1 Å². The van der Waals surface area contributed by atoms with Gasteiger partial charge >= 0.3 is 0 Å². The van der Waals surface area contributed by atoms with Crippen LogP contribution in [0, 0.1) is 11.7 Å². The van der Waals surface area contributed by atoms with E-state index in [0.29, 0.717) is 36.8 Å². The van der Waals surface area contributed by atoms with Crippen LogP contribution < -0.4 is 10.2 Å². The lowest BCUT2D eigenvalue weighted by atomic mass is 10.0. The van der Waals surface area contributed by atoms with Crippen molar-refractivity contribution in [1.82, 2.24) is 10.2 Å². The fourth-order valence-corrected chi connectivity index (χ4v) is 3.58. The lowest BCUT2D eigenvalue weighted by molar-refractivity contribution is -0.134. The number of nitrogens with one attached hydrogen (secondary N) is 1. The summed E-state index contributed by atoms with van der Waals surface area (Å²) in [5.74, 6) is -0.954. The van der Waals surface area contributed by atoms with Gasteiger partial charge in [-0.05, 0) is 48.4 Å². The molecule has 7 heteroatoms. The van der Waals surface area contributed by atoms with Crippen molar-refractivity contribution in [2.75, 3.05) is 31.1 Å². The molecule has 0 saturated carbocycles. The predicted molar refractivity (Wildman–Crippen MR) is 113 cm³/mol. The zero-order chi connectivity index (χ0) is 21.0. The largest absolute Gasteiger partial charge is 0.368 e. The third-order valence-corrected chi connectivity index (χ3v) is 5.33. The summed E-state index contributed by atoms with van der Waals surface area (Å²) >= 11 is 6.07. The van der Waals surface area contributed by atoms with Crippen molar-refractivity contribution in [3.63, 3.8) is 0 Å². The number of carbonyl (C=O) groups is 2. The molecular formula is C22H25ClFN3O2. The van der Waals surface area contributed by atoms with Crippen molar-refractivity contribution >= 4 is 29.1 Å². The number of anilines is 1. The lowest BCUT2D eigenvalue weighted by Gasteiger charge is -2.38. The van der Waals surface area contributed by atoms with Gasteiger partial charge in [0.1, 0.15) is 11.9 Å². The van der Waals surface area contributed by atoms with Crippen molar-refractivity contribution in [3.05, 3.63) is 64.9 Å². The Kier molecular flexibility index (Phi) is 6.75. The Hall–Kier alpha value is -2.60. The maximum atomic E-state index is 13.1. The number of amides is 2. The summed E-state index contributed by atoms with van der Waals surface area (Å²) in [7, 11) is 0. The van der Waals surface area contributed by atoms with Crippen LogP contribution in [0.1, 0.15) is 24.2 Å². The first-order valence-corrected chi connectivity index (χ1v) is 10.1. The molecule has 2 aromatic rings. The molecule has 2 aromatic carbocycles. The topological polar surface area (TPSA) is 52.7 Å². The van der Waals surface area contributed by atoms with Gasteiger partial charge in [0.15, 0.2) is 0 Å². The standard InChI is InChI=1S/C22H25ClFN3O2/c1-15(2)20(25-21(28)16-6-8-18(24)9-7-16)22(29)27-12-10-26(11-13-27)19-5-3-4-17(23)14-19/h3-9,14-15,20H,10-13H2,1-2H3,(H,25,28). The average Bonchev–Trinajstić information content (AvgIpc) is 2.72. The molecule has 1 unspecified atom stereocenters. The van der Waals surface area contributed by atoms with E-state index in [1.165, 1.54) is 24.3 Å². The van der Waals surface area contributed by atoms with Gasteiger partial charge in [0, 0.05) is 42.5 Å². The third-order valence-electron chi connectivity index (χ3n) is 5.09. The predicted octanol–water partition coefficient (Wildman–Crippen LogP) is 3.58. The van der Waals surface area contributed by atoms with Crippen molar-refractivity contribution in [3.8, 4) is 0 Å². The summed E-state index contributed by atoms with van der Waals surface area (Å²) in [6.45, 7) is 6.33. The summed E-state index contributed by atoms with van der Waals surface area (Å²) in [5.41, 5.74) is 1.37. The first-order chi connectivity index (χ1) is 13.8. The molecule has 1 atom stereocenters. The Bertz CT molecular complexity index is 865. The molecule has 0 aromatic heterocycles. The van der Waals surface area contributed by atoms with Crippen molar-refractivity contribution in [1.29, 1.82) is 0 Å². The van der Waals surface area contributed by atoms with Crippen LogP contribution >= 0.6 is 11.6 Å². The molecule has 0 spiro atoms. The molecule has 1 aliphatic heterocycles. The van der Waals surface area contributed by atoms with Crippen molar-refractivity contribution in [2.24, 2.45) is 5.92 Å². The fraction of sp³-hybridized carbons (Fsp3) is 0.364. The highest BCUT2D eigenvalue weighted by Crippen LogP contribution is 2.21. The van der Waals surface area contributed by atoms with E-state index in [1.807, 2.05) is 38.1 Å². The minimum Gasteiger partial charge on any atom is -0.368 e. The normalized spacial score (nSPS) is 15.3. The van der Waals surface area contributed by atoms with E-state index >= 15 is 0 Å². The van der Waals surface area contributed by atoms with Gasteiger partial charge in [0.05, 0.1) is 0 Å². The smallest absolute Gasteiger partial charge is 0.251 e. The van der Waals surface area contributed by atoms with Gasteiger partial charge in [-0.25, -0.2) is 4.39 Å². The third kappa shape index (κ3) is 5.26. The zero-order valence-corrected chi connectivity index (χ0v) is 17.3. The van der Waals surface area contributed by atoms with Gasteiger partial charge in [0.2, 0.25) is 5.91 Å². The minimum atomic E-state index is -0.634. The Morgan fingerprint density at radius 3 is 2.28 bits per heavy atom. The maximum Gasteiger partial charge on any atom is 0.251 e. The van der Waals surface area contributed by atoms with Crippen LogP contribution in [0.4, 0.5) is 10.1 Å². The highest BCUT2D eigenvalue weighted by Gasteiger charge is 2.31. The number of hydrogen-bond acceptors (Lipinski definition) is 3. The van der Waals surface area contributed by atoms with Crippen LogP contribution in [-0.4, -0.2) is 48.9 Å². The van der Waals surface area contributed by atoms with E-state index < -0.39 is 11.9 Å².